The van der Waals surface area contributed by atoms with Crippen molar-refractivity contribution in [2.45, 2.75) is 208 Å². The zero-order valence-electron chi connectivity index (χ0n) is 38.2. The van der Waals surface area contributed by atoms with E-state index in [1.54, 1.807) is 0 Å². The van der Waals surface area contributed by atoms with E-state index in [-0.39, 0.29) is 72.9 Å². The molecule has 8 aliphatic rings. The van der Waals surface area contributed by atoms with Crippen molar-refractivity contribution in [3.8, 4) is 0 Å². The Kier molecular flexibility index (Phi) is 14.6. The fourth-order valence-corrected chi connectivity index (χ4v) is 13.9. The van der Waals surface area contributed by atoms with Gasteiger partial charge in [-0.1, -0.05) is 27.7 Å². The van der Waals surface area contributed by atoms with Gasteiger partial charge in [0.15, 0.2) is 30.4 Å². The minimum Gasteiger partial charge on any atom is -0.394 e. The van der Waals surface area contributed by atoms with Crippen molar-refractivity contribution in [2.24, 2.45) is 46.3 Å². The fourth-order valence-electron chi connectivity index (χ4n) is 13.9. The van der Waals surface area contributed by atoms with Gasteiger partial charge in [-0.2, -0.15) is 0 Å². The lowest BCUT2D eigenvalue weighted by Gasteiger charge is -2.65. The van der Waals surface area contributed by atoms with Crippen molar-refractivity contribution in [3.05, 3.63) is 0 Å². The summed E-state index contributed by atoms with van der Waals surface area (Å²) < 4.78 is 41.2. The number of ether oxygens (including phenoxy) is 7. The fraction of sp³-hybridized carbons (Fsp3) is 0.978. The number of carbonyl (C=O) groups excluding carboxylic acids is 1. The minimum atomic E-state index is -1.82. The van der Waals surface area contributed by atoms with Crippen molar-refractivity contribution in [3.63, 3.8) is 0 Å². The van der Waals surface area contributed by atoms with Gasteiger partial charge in [0.2, 0.25) is 0 Å². The summed E-state index contributed by atoms with van der Waals surface area (Å²) >= 11 is 0. The van der Waals surface area contributed by atoms with Crippen LogP contribution in [0.1, 0.15) is 86.0 Å². The van der Waals surface area contributed by atoms with Gasteiger partial charge in [0.1, 0.15) is 73.2 Å². The number of Topliss-reactive ketones (excluding diaryl/α,β-unsaturated/α-hetero) is 1. The molecule has 28 atom stereocenters. The van der Waals surface area contributed by atoms with E-state index in [0.29, 0.717) is 25.7 Å². The van der Waals surface area contributed by atoms with Crippen LogP contribution in [-0.4, -0.2) is 214 Å². The normalized spacial score (nSPS) is 56.6. The average molecular weight is 951 g/mol. The van der Waals surface area contributed by atoms with E-state index in [0.717, 1.165) is 6.42 Å². The van der Waals surface area contributed by atoms with Gasteiger partial charge in [0, 0.05) is 30.6 Å². The van der Waals surface area contributed by atoms with Gasteiger partial charge in [-0.05, 0) is 74.0 Å². The second kappa shape index (κ2) is 18.8. The Bertz CT molecular complexity index is 1710. The smallest absolute Gasteiger partial charge is 0.187 e. The van der Waals surface area contributed by atoms with Crippen molar-refractivity contribution in [1.82, 2.24) is 0 Å². The number of aliphatic hydroxyl groups excluding tert-OH is 11. The number of aliphatic hydroxyl groups is 13. The van der Waals surface area contributed by atoms with Gasteiger partial charge in [-0.25, -0.2) is 0 Å². The molecule has 380 valence electrons. The molecule has 0 aromatic carbocycles. The molecular weight excluding hydrogens is 876 g/mol. The van der Waals surface area contributed by atoms with E-state index in [1.807, 2.05) is 20.8 Å². The van der Waals surface area contributed by atoms with Crippen LogP contribution in [0.4, 0.5) is 0 Å². The highest BCUT2D eigenvalue weighted by atomic mass is 16.8. The number of fused-ring (bicyclic) bond motifs is 7. The van der Waals surface area contributed by atoms with Gasteiger partial charge in [-0.3, -0.25) is 4.79 Å². The molecule has 0 amide bonds. The van der Waals surface area contributed by atoms with Crippen LogP contribution in [0, 0.1) is 46.3 Å². The molecular formula is C45H74O21. The number of rotatable bonds is 12. The Morgan fingerprint density at radius 1 is 0.742 bits per heavy atom. The summed E-state index contributed by atoms with van der Waals surface area (Å²) in [6, 6.07) is 0. The number of ketones is 1. The van der Waals surface area contributed by atoms with E-state index in [9.17, 15) is 71.2 Å². The summed E-state index contributed by atoms with van der Waals surface area (Å²) in [4.78, 5) is 14.3. The molecule has 0 aromatic heterocycles. The SMILES string of the molecule is C[C@H](CC[C@@]1(O)O[C@H]2C[C@H]3[C@@H]4C[C@@H](O)[C@]5(O)C[C@@H](O[C@@H]6O[C@H](CO)[C@@H](O)[C@H](O)[C@H]6O[C@@H]6O[C@@H](C)[C@H](O)[C@@H](O)[C@H]6O)C(=O)C[C@]5(C)[C@H]4CC[C@]3(C)[C@H]2[C@@H]1C)CO[C@@H]1O[C@H](CO)[C@@H](O)[C@H](O)[C@H]1O. The largest absolute Gasteiger partial charge is 0.394 e. The molecule has 66 heavy (non-hydrogen) atoms. The lowest BCUT2D eigenvalue weighted by molar-refractivity contribution is -0.370. The third kappa shape index (κ3) is 8.34. The van der Waals surface area contributed by atoms with Crippen molar-refractivity contribution >= 4 is 5.78 Å². The van der Waals surface area contributed by atoms with Crippen molar-refractivity contribution in [2.75, 3.05) is 19.8 Å². The van der Waals surface area contributed by atoms with Gasteiger partial charge in [-0.15, -0.1) is 0 Å². The zero-order chi connectivity index (χ0) is 48.2. The molecule has 13 N–H and O–H groups in total. The summed E-state index contributed by atoms with van der Waals surface area (Å²) in [6.07, 6.45) is -23.3. The summed E-state index contributed by atoms with van der Waals surface area (Å²) in [6.45, 7) is 8.18. The van der Waals surface area contributed by atoms with Crippen LogP contribution in [0.15, 0.2) is 0 Å². The third-order valence-electron chi connectivity index (χ3n) is 18.0. The monoisotopic (exact) mass is 950 g/mol. The molecule has 0 unspecified atom stereocenters. The highest BCUT2D eigenvalue weighted by molar-refractivity contribution is 5.85. The number of hydrogen-bond donors (Lipinski definition) is 13. The maximum absolute atomic E-state index is 14.3. The summed E-state index contributed by atoms with van der Waals surface area (Å²) in [5, 5.41) is 140. The van der Waals surface area contributed by atoms with E-state index < -0.39 is 140 Å². The standard InChI is InChI=1S/C45H74O21/c1-17(16-60-39-36(56)34(54)31(51)26(14-46)63-39)6-9-45(59)18(2)29-24(66-45)11-22-20-10-28(49)44(58)13-25(23(48)12-43(44,5)21(20)7-8-42(22,29)4)62-41-38(35(55)32(52)27(15-47)64-41)65-40-37(57)33(53)30(50)19(3)61-40/h17-22,24-41,46-47,49-59H,6-16H2,1-5H3/t17-,18+,19+,20-,21+,22+,24+,25-,26-,27-,28-,29+,30+,31-,32-,33-,34+,35+,36-,37-,38-,39-,40+,41-,42+,43-,44-,45-/m1/s1. The van der Waals surface area contributed by atoms with Crippen LogP contribution < -0.4 is 0 Å². The topological polar surface area (TPSA) is 345 Å². The molecule has 8 rings (SSSR count). The first-order valence-electron chi connectivity index (χ1n) is 23.8. The molecule has 0 aromatic rings. The number of hydrogen-bond acceptors (Lipinski definition) is 21. The second-order valence-electron chi connectivity index (χ2n) is 21.7. The summed E-state index contributed by atoms with van der Waals surface area (Å²) in [5.74, 6) is -2.51. The lowest BCUT2D eigenvalue weighted by Crippen LogP contribution is -2.71. The second-order valence-corrected chi connectivity index (χ2v) is 21.7. The number of carbonyl (C=O) groups is 1. The van der Waals surface area contributed by atoms with Crippen molar-refractivity contribution in [1.29, 1.82) is 0 Å². The van der Waals surface area contributed by atoms with E-state index in [4.69, 9.17) is 33.2 Å². The first-order chi connectivity index (χ1) is 30.9. The van der Waals surface area contributed by atoms with Crippen LogP contribution in [0.25, 0.3) is 0 Å². The Morgan fingerprint density at radius 2 is 1.36 bits per heavy atom. The van der Waals surface area contributed by atoms with Crippen LogP contribution in [-0.2, 0) is 38.0 Å². The maximum atomic E-state index is 14.3. The maximum Gasteiger partial charge on any atom is 0.187 e. The van der Waals surface area contributed by atoms with Gasteiger partial charge in [0.25, 0.3) is 0 Å². The molecule has 0 radical (unpaired) electrons. The molecule has 4 saturated heterocycles. The molecule has 4 aliphatic carbocycles. The summed E-state index contributed by atoms with van der Waals surface area (Å²) in [7, 11) is 0. The van der Waals surface area contributed by atoms with Gasteiger partial charge >= 0.3 is 0 Å². The third-order valence-corrected chi connectivity index (χ3v) is 18.0. The molecule has 4 heterocycles. The molecule has 0 bridgehead atoms. The highest BCUT2D eigenvalue weighted by Crippen LogP contribution is 2.71. The molecule has 4 aliphatic heterocycles. The van der Waals surface area contributed by atoms with E-state index in [1.165, 1.54) is 6.92 Å². The Labute approximate surface area is 383 Å². The van der Waals surface area contributed by atoms with Crippen LogP contribution in [0.3, 0.4) is 0 Å². The highest BCUT2D eigenvalue weighted by Gasteiger charge is 2.72. The Balaban J connectivity index is 0.919. The predicted molar refractivity (Wildman–Crippen MR) is 221 cm³/mol. The first-order valence-corrected chi connectivity index (χ1v) is 23.8. The zero-order valence-corrected chi connectivity index (χ0v) is 38.2. The first kappa shape index (κ1) is 51.2. The van der Waals surface area contributed by atoms with Crippen LogP contribution >= 0.6 is 0 Å². The van der Waals surface area contributed by atoms with Crippen LogP contribution in [0.5, 0.6) is 0 Å². The molecule has 0 spiro atoms. The van der Waals surface area contributed by atoms with Crippen LogP contribution in [0.2, 0.25) is 0 Å². The Hall–Kier alpha value is -1.13. The molecule has 21 nitrogen and oxygen atoms in total. The van der Waals surface area contributed by atoms with Crippen molar-refractivity contribution < 1.29 is 104 Å². The predicted octanol–water partition coefficient (Wildman–Crippen LogP) is -3.49. The average Bonchev–Trinajstić information content (AvgIpc) is 3.71. The molecule has 21 heteroatoms. The minimum absolute atomic E-state index is 0.0235. The molecule has 8 fully saturated rings. The Morgan fingerprint density at radius 3 is 2.03 bits per heavy atom. The van der Waals surface area contributed by atoms with E-state index in [2.05, 4.69) is 6.92 Å². The molecule has 4 saturated carbocycles. The quantitative estimate of drug-likeness (QED) is 0.0845. The van der Waals surface area contributed by atoms with Gasteiger partial charge < -0.3 is 99.5 Å². The van der Waals surface area contributed by atoms with Gasteiger partial charge in [0.05, 0.1) is 43.7 Å². The van der Waals surface area contributed by atoms with E-state index >= 15 is 0 Å². The summed E-state index contributed by atoms with van der Waals surface area (Å²) in [5.41, 5.74) is -3.21. The lowest BCUT2D eigenvalue weighted by atomic mass is 9.42.